The van der Waals surface area contributed by atoms with Crippen LogP contribution in [0.1, 0.15) is 16.1 Å². The van der Waals surface area contributed by atoms with Crippen LogP contribution in [0.4, 0.5) is 0 Å². The molecule has 0 fully saturated rings. The van der Waals surface area contributed by atoms with Crippen LogP contribution in [0.15, 0.2) is 91.3 Å². The van der Waals surface area contributed by atoms with Crippen LogP contribution in [0.2, 0.25) is 0 Å². The summed E-state index contributed by atoms with van der Waals surface area (Å²) in [6, 6.07) is 24.8. The van der Waals surface area contributed by atoms with Gasteiger partial charge in [-0.05, 0) is 35.9 Å². The first-order valence-electron chi connectivity index (χ1n) is 10.5. The summed E-state index contributed by atoms with van der Waals surface area (Å²) in [6.07, 6.45) is 3.40. The molecule has 0 aliphatic rings. The van der Waals surface area contributed by atoms with E-state index in [1.807, 2.05) is 72.8 Å². The normalized spacial score (nSPS) is 10.8. The molecule has 3 heterocycles. The van der Waals surface area contributed by atoms with Gasteiger partial charge in [-0.15, -0.1) is 0 Å². The maximum absolute atomic E-state index is 13.3. The Morgan fingerprint density at radius 1 is 0.939 bits per heavy atom. The van der Waals surface area contributed by atoms with E-state index < -0.39 is 0 Å². The number of amides is 1. The predicted octanol–water partition coefficient (Wildman–Crippen LogP) is 4.40. The second-order valence-electron chi connectivity index (χ2n) is 7.43. The van der Waals surface area contributed by atoms with E-state index in [0.29, 0.717) is 29.3 Å². The number of benzene rings is 2. The molecule has 2 aromatic carbocycles. The van der Waals surface area contributed by atoms with Gasteiger partial charge < -0.3 is 10.1 Å². The number of hydrogen-bond donors (Lipinski definition) is 1. The Kier molecular flexibility index (Phi) is 5.51. The highest BCUT2D eigenvalue weighted by molar-refractivity contribution is 5.94. The third kappa shape index (κ3) is 4.16. The number of methoxy groups -OCH3 is 1. The summed E-state index contributed by atoms with van der Waals surface area (Å²) in [4.78, 5) is 22.1. The summed E-state index contributed by atoms with van der Waals surface area (Å²) in [7, 11) is 1.62. The van der Waals surface area contributed by atoms with Gasteiger partial charge in [0.15, 0.2) is 5.65 Å². The van der Waals surface area contributed by atoms with E-state index in [0.717, 1.165) is 22.4 Å². The number of fused-ring (bicyclic) bond motifs is 1. The van der Waals surface area contributed by atoms with Gasteiger partial charge in [0.05, 0.1) is 18.5 Å². The molecule has 0 unspecified atom stereocenters. The molecule has 33 heavy (non-hydrogen) atoms. The van der Waals surface area contributed by atoms with Crippen molar-refractivity contribution in [1.82, 2.24) is 24.9 Å². The Hall–Kier alpha value is -4.52. The highest BCUT2D eigenvalue weighted by Gasteiger charge is 2.18. The van der Waals surface area contributed by atoms with Gasteiger partial charge in [0, 0.05) is 36.1 Å². The first kappa shape index (κ1) is 20.4. The number of nitrogens with zero attached hydrogens (tertiary/aromatic N) is 4. The third-order valence-corrected chi connectivity index (χ3v) is 5.31. The highest BCUT2D eigenvalue weighted by Crippen LogP contribution is 2.30. The van der Waals surface area contributed by atoms with E-state index in [-0.39, 0.29) is 5.91 Å². The molecule has 0 aliphatic heterocycles. The number of carbonyl (C=O) groups excluding carboxylic acids is 1. The topological polar surface area (TPSA) is 81.4 Å². The van der Waals surface area contributed by atoms with Crippen molar-refractivity contribution < 1.29 is 9.53 Å². The van der Waals surface area contributed by atoms with Gasteiger partial charge in [-0.1, -0.05) is 42.5 Å². The van der Waals surface area contributed by atoms with E-state index in [2.05, 4.69) is 15.4 Å². The minimum absolute atomic E-state index is 0.252. The summed E-state index contributed by atoms with van der Waals surface area (Å²) < 4.78 is 7.11. The van der Waals surface area contributed by atoms with E-state index in [4.69, 9.17) is 9.72 Å². The second kappa shape index (κ2) is 8.92. The molecular weight excluding hydrogens is 414 g/mol. The SMILES string of the molecule is COc1ccccc1-c1cc(C(=O)NCc2ccncc2)n2nc(-c3ccccc3)cc2n1. The lowest BCUT2D eigenvalue weighted by atomic mass is 10.1. The lowest BCUT2D eigenvalue weighted by molar-refractivity contribution is 0.0943. The van der Waals surface area contributed by atoms with E-state index in [1.165, 1.54) is 0 Å². The van der Waals surface area contributed by atoms with Gasteiger partial charge in [0.2, 0.25) is 0 Å². The largest absolute Gasteiger partial charge is 0.496 e. The van der Waals surface area contributed by atoms with Crippen LogP contribution >= 0.6 is 0 Å². The number of ether oxygens (including phenoxy) is 1. The molecule has 7 heteroatoms. The predicted molar refractivity (Wildman–Crippen MR) is 126 cm³/mol. The van der Waals surface area contributed by atoms with Crippen LogP contribution in [0.3, 0.4) is 0 Å². The molecule has 7 nitrogen and oxygen atoms in total. The zero-order valence-electron chi connectivity index (χ0n) is 18.0. The highest BCUT2D eigenvalue weighted by atomic mass is 16.5. The van der Waals surface area contributed by atoms with Crippen LogP contribution in [0.5, 0.6) is 5.75 Å². The molecule has 5 rings (SSSR count). The molecule has 0 aliphatic carbocycles. The van der Waals surface area contributed by atoms with Gasteiger partial charge in [0.1, 0.15) is 11.4 Å². The average Bonchev–Trinajstić information content (AvgIpc) is 3.32. The van der Waals surface area contributed by atoms with Gasteiger partial charge in [0.25, 0.3) is 5.91 Å². The zero-order chi connectivity index (χ0) is 22.6. The van der Waals surface area contributed by atoms with Crippen molar-refractivity contribution in [2.45, 2.75) is 6.54 Å². The Morgan fingerprint density at radius 2 is 1.70 bits per heavy atom. The first-order chi connectivity index (χ1) is 16.2. The molecule has 162 valence electrons. The summed E-state index contributed by atoms with van der Waals surface area (Å²) in [5.41, 5.74) is 5.04. The van der Waals surface area contributed by atoms with Gasteiger partial charge in [-0.25, -0.2) is 9.50 Å². The lowest BCUT2D eigenvalue weighted by Gasteiger charge is -2.11. The smallest absolute Gasteiger partial charge is 0.270 e. The monoisotopic (exact) mass is 435 g/mol. The third-order valence-electron chi connectivity index (χ3n) is 5.31. The minimum atomic E-state index is -0.252. The summed E-state index contributed by atoms with van der Waals surface area (Å²) in [5.74, 6) is 0.429. The maximum Gasteiger partial charge on any atom is 0.270 e. The van der Waals surface area contributed by atoms with Crippen LogP contribution < -0.4 is 10.1 Å². The Labute approximate surface area is 190 Å². The summed E-state index contributed by atoms with van der Waals surface area (Å²) in [5, 5.41) is 7.67. The van der Waals surface area contributed by atoms with Crippen LogP contribution in [-0.4, -0.2) is 32.6 Å². The number of rotatable bonds is 6. The number of aromatic nitrogens is 4. The fourth-order valence-electron chi connectivity index (χ4n) is 3.65. The van der Waals surface area contributed by atoms with Crippen molar-refractivity contribution in [2.75, 3.05) is 7.11 Å². The van der Waals surface area contributed by atoms with Crippen molar-refractivity contribution in [3.05, 3.63) is 103 Å². The summed E-state index contributed by atoms with van der Waals surface area (Å²) in [6.45, 7) is 0.377. The van der Waals surface area contributed by atoms with Crippen molar-refractivity contribution in [2.24, 2.45) is 0 Å². The molecule has 0 radical (unpaired) electrons. The first-order valence-corrected chi connectivity index (χ1v) is 10.5. The molecule has 0 atom stereocenters. The van der Waals surface area contributed by atoms with Crippen molar-refractivity contribution in [1.29, 1.82) is 0 Å². The van der Waals surface area contributed by atoms with Gasteiger partial charge in [-0.2, -0.15) is 5.10 Å². The number of carbonyl (C=O) groups is 1. The van der Waals surface area contributed by atoms with Crippen LogP contribution in [0.25, 0.3) is 28.2 Å². The van der Waals surface area contributed by atoms with E-state index in [9.17, 15) is 4.79 Å². The average molecular weight is 435 g/mol. The van der Waals surface area contributed by atoms with Crippen molar-refractivity contribution in [3.63, 3.8) is 0 Å². The van der Waals surface area contributed by atoms with Gasteiger partial charge >= 0.3 is 0 Å². The van der Waals surface area contributed by atoms with Gasteiger partial charge in [-0.3, -0.25) is 9.78 Å². The van der Waals surface area contributed by atoms with E-state index in [1.54, 1.807) is 30.1 Å². The second-order valence-corrected chi connectivity index (χ2v) is 7.43. The quantitative estimate of drug-likeness (QED) is 0.428. The van der Waals surface area contributed by atoms with Crippen molar-refractivity contribution in [3.8, 4) is 28.3 Å². The zero-order valence-corrected chi connectivity index (χ0v) is 18.0. The standard InChI is InChI=1S/C26H21N5O2/c1-33-24-10-6-5-9-20(24)22-15-23(26(32)28-17-18-11-13-27-14-12-18)31-25(29-22)16-21(30-31)19-7-3-2-4-8-19/h2-16H,17H2,1H3,(H,28,32). The minimum Gasteiger partial charge on any atom is -0.496 e. The molecular formula is C26H21N5O2. The van der Waals surface area contributed by atoms with Crippen LogP contribution in [-0.2, 0) is 6.54 Å². The Balaban J connectivity index is 1.61. The fourth-order valence-corrected chi connectivity index (χ4v) is 3.65. The van der Waals surface area contributed by atoms with E-state index >= 15 is 0 Å². The number of hydrogen-bond acceptors (Lipinski definition) is 5. The number of pyridine rings is 1. The molecule has 0 saturated carbocycles. The molecule has 5 aromatic rings. The number of para-hydroxylation sites is 1. The molecule has 1 amide bonds. The molecule has 1 N–H and O–H groups in total. The fraction of sp³-hybridized carbons (Fsp3) is 0.0769. The Bertz CT molecular complexity index is 1420. The maximum atomic E-state index is 13.3. The van der Waals surface area contributed by atoms with Crippen LogP contribution in [0, 0.1) is 0 Å². The molecule has 0 saturated heterocycles. The molecule has 0 spiro atoms. The number of nitrogens with one attached hydrogen (secondary N) is 1. The Morgan fingerprint density at radius 3 is 2.48 bits per heavy atom. The molecule has 3 aromatic heterocycles. The summed E-state index contributed by atoms with van der Waals surface area (Å²) >= 11 is 0. The van der Waals surface area contributed by atoms with Crippen molar-refractivity contribution >= 4 is 11.6 Å². The molecule has 0 bridgehead atoms. The lowest BCUT2D eigenvalue weighted by Crippen LogP contribution is -2.25.